The molecular weight excluding hydrogens is 356 g/mol. The molecule has 28 heavy (non-hydrogen) atoms. The van der Waals surface area contributed by atoms with E-state index in [-0.39, 0.29) is 24.0 Å². The molecule has 4 rings (SSSR count). The number of aromatic nitrogens is 2. The van der Waals surface area contributed by atoms with Gasteiger partial charge < -0.3 is 14.5 Å². The SMILES string of the molecule is O=C(CCc1cnccn1)N1C[C@@H]2OCCC(=O)N(Cc3ccccc3)[C@H]2C1. The van der Waals surface area contributed by atoms with Gasteiger partial charge in [-0.3, -0.25) is 19.6 Å². The zero-order chi connectivity index (χ0) is 19.3. The van der Waals surface area contributed by atoms with Crippen LogP contribution in [0.25, 0.3) is 0 Å². The topological polar surface area (TPSA) is 75.6 Å². The second-order valence-electron chi connectivity index (χ2n) is 7.23. The van der Waals surface area contributed by atoms with Crippen molar-refractivity contribution >= 4 is 11.8 Å². The lowest BCUT2D eigenvalue weighted by Crippen LogP contribution is -2.45. The Morgan fingerprint density at radius 1 is 1.18 bits per heavy atom. The molecule has 1 aromatic heterocycles. The number of rotatable bonds is 5. The largest absolute Gasteiger partial charge is 0.374 e. The summed E-state index contributed by atoms with van der Waals surface area (Å²) in [6, 6.07) is 9.85. The lowest BCUT2D eigenvalue weighted by Gasteiger charge is -2.29. The van der Waals surface area contributed by atoms with Gasteiger partial charge in [-0.25, -0.2) is 0 Å². The van der Waals surface area contributed by atoms with E-state index < -0.39 is 0 Å². The van der Waals surface area contributed by atoms with Crippen molar-refractivity contribution in [3.05, 3.63) is 60.2 Å². The fourth-order valence-corrected chi connectivity index (χ4v) is 3.89. The maximum Gasteiger partial charge on any atom is 0.225 e. The maximum atomic E-state index is 12.7. The lowest BCUT2D eigenvalue weighted by atomic mass is 10.1. The molecule has 2 aliphatic rings. The average Bonchev–Trinajstić information content (AvgIpc) is 3.09. The number of hydrogen-bond acceptors (Lipinski definition) is 5. The Labute approximate surface area is 164 Å². The highest BCUT2D eigenvalue weighted by Crippen LogP contribution is 2.25. The van der Waals surface area contributed by atoms with Crippen molar-refractivity contribution in [1.29, 1.82) is 0 Å². The molecule has 2 fully saturated rings. The van der Waals surface area contributed by atoms with Crippen LogP contribution in [0.2, 0.25) is 0 Å². The summed E-state index contributed by atoms with van der Waals surface area (Å²) < 4.78 is 5.93. The zero-order valence-electron chi connectivity index (χ0n) is 15.7. The van der Waals surface area contributed by atoms with Crippen LogP contribution >= 0.6 is 0 Å². The molecule has 2 aliphatic heterocycles. The number of fused-ring (bicyclic) bond motifs is 1. The fraction of sp³-hybridized carbons (Fsp3) is 0.429. The first-order valence-corrected chi connectivity index (χ1v) is 9.68. The number of carbonyl (C=O) groups excluding carboxylic acids is 2. The Kier molecular flexibility index (Phi) is 5.62. The number of hydrogen-bond donors (Lipinski definition) is 0. The summed E-state index contributed by atoms with van der Waals surface area (Å²) in [6.45, 7) is 2.00. The van der Waals surface area contributed by atoms with E-state index in [0.717, 1.165) is 11.3 Å². The van der Waals surface area contributed by atoms with E-state index in [1.54, 1.807) is 18.6 Å². The van der Waals surface area contributed by atoms with Gasteiger partial charge in [0.15, 0.2) is 0 Å². The van der Waals surface area contributed by atoms with Crippen molar-refractivity contribution in [2.24, 2.45) is 0 Å². The number of benzene rings is 1. The molecule has 1 aromatic carbocycles. The second kappa shape index (κ2) is 8.48. The molecule has 2 aromatic rings. The summed E-state index contributed by atoms with van der Waals surface area (Å²) in [5, 5.41) is 0. The molecule has 2 atom stereocenters. The van der Waals surface area contributed by atoms with Crippen molar-refractivity contribution in [2.45, 2.75) is 38.0 Å². The minimum Gasteiger partial charge on any atom is -0.374 e. The fourth-order valence-electron chi connectivity index (χ4n) is 3.89. The smallest absolute Gasteiger partial charge is 0.225 e. The van der Waals surface area contributed by atoms with E-state index >= 15 is 0 Å². The Bertz CT molecular complexity index is 815. The van der Waals surface area contributed by atoms with Gasteiger partial charge in [-0.05, 0) is 12.0 Å². The highest BCUT2D eigenvalue weighted by molar-refractivity contribution is 5.79. The van der Waals surface area contributed by atoms with Crippen LogP contribution in [0.15, 0.2) is 48.9 Å². The van der Waals surface area contributed by atoms with Crippen LogP contribution < -0.4 is 0 Å². The minimum atomic E-state index is -0.129. The van der Waals surface area contributed by atoms with Crippen LogP contribution in [-0.4, -0.2) is 63.4 Å². The first-order valence-electron chi connectivity index (χ1n) is 9.68. The Morgan fingerprint density at radius 2 is 2.04 bits per heavy atom. The zero-order valence-corrected chi connectivity index (χ0v) is 15.7. The normalized spacial score (nSPS) is 22.1. The second-order valence-corrected chi connectivity index (χ2v) is 7.23. The van der Waals surface area contributed by atoms with Crippen LogP contribution in [0, 0.1) is 0 Å². The third kappa shape index (κ3) is 4.20. The first-order chi connectivity index (χ1) is 13.7. The third-order valence-electron chi connectivity index (χ3n) is 5.37. The van der Waals surface area contributed by atoms with Gasteiger partial charge in [-0.2, -0.15) is 0 Å². The molecule has 0 spiro atoms. The molecule has 0 bridgehead atoms. The van der Waals surface area contributed by atoms with Gasteiger partial charge >= 0.3 is 0 Å². The summed E-state index contributed by atoms with van der Waals surface area (Å²) in [7, 11) is 0. The summed E-state index contributed by atoms with van der Waals surface area (Å²) in [5.41, 5.74) is 1.89. The van der Waals surface area contributed by atoms with E-state index in [1.807, 2.05) is 40.1 Å². The maximum absolute atomic E-state index is 12.7. The summed E-state index contributed by atoms with van der Waals surface area (Å²) in [4.78, 5) is 37.4. The van der Waals surface area contributed by atoms with Crippen LogP contribution in [0.1, 0.15) is 24.1 Å². The molecular formula is C21H24N4O3. The number of aryl methyl sites for hydroxylation is 1. The molecule has 0 N–H and O–H groups in total. The van der Waals surface area contributed by atoms with Crippen molar-refractivity contribution in [3.63, 3.8) is 0 Å². The van der Waals surface area contributed by atoms with Gasteiger partial charge in [0.2, 0.25) is 11.8 Å². The number of amides is 2. The summed E-state index contributed by atoms with van der Waals surface area (Å²) in [5.74, 6) is 0.152. The van der Waals surface area contributed by atoms with Crippen LogP contribution in [0.5, 0.6) is 0 Å². The molecule has 0 saturated carbocycles. The lowest BCUT2D eigenvalue weighted by molar-refractivity contribution is -0.135. The number of carbonyl (C=O) groups is 2. The molecule has 0 unspecified atom stereocenters. The predicted octanol–water partition coefficient (Wildman–Crippen LogP) is 1.44. The standard InChI is InChI=1S/C21H24N4O3/c26-20(7-6-17-12-22-9-10-23-17)24-14-18-19(15-24)28-11-8-21(27)25(18)13-16-4-2-1-3-5-16/h1-5,9-10,12,18-19H,6-8,11,13-15H2/t18-,19-/m0/s1. The first kappa shape index (κ1) is 18.6. The quantitative estimate of drug-likeness (QED) is 0.785. The Hall–Kier alpha value is -2.80. The molecule has 7 nitrogen and oxygen atoms in total. The van der Waals surface area contributed by atoms with Crippen LogP contribution in [0.4, 0.5) is 0 Å². The summed E-state index contributed by atoms with van der Waals surface area (Å²) in [6.07, 6.45) is 6.14. The molecule has 0 radical (unpaired) electrons. The average molecular weight is 380 g/mol. The van der Waals surface area contributed by atoms with E-state index in [0.29, 0.717) is 45.5 Å². The van der Waals surface area contributed by atoms with Crippen molar-refractivity contribution in [2.75, 3.05) is 19.7 Å². The van der Waals surface area contributed by atoms with Gasteiger partial charge in [0.1, 0.15) is 0 Å². The molecule has 2 amide bonds. The van der Waals surface area contributed by atoms with E-state index in [2.05, 4.69) is 9.97 Å². The van der Waals surface area contributed by atoms with Gasteiger partial charge in [0.25, 0.3) is 0 Å². The highest BCUT2D eigenvalue weighted by atomic mass is 16.5. The Morgan fingerprint density at radius 3 is 2.82 bits per heavy atom. The monoisotopic (exact) mass is 380 g/mol. The van der Waals surface area contributed by atoms with Gasteiger partial charge in [-0.15, -0.1) is 0 Å². The van der Waals surface area contributed by atoms with Crippen molar-refractivity contribution < 1.29 is 14.3 Å². The van der Waals surface area contributed by atoms with Crippen LogP contribution in [-0.2, 0) is 27.3 Å². The third-order valence-corrected chi connectivity index (χ3v) is 5.37. The Balaban J connectivity index is 1.42. The van der Waals surface area contributed by atoms with Gasteiger partial charge in [-0.1, -0.05) is 30.3 Å². The molecule has 146 valence electrons. The van der Waals surface area contributed by atoms with Crippen molar-refractivity contribution in [3.8, 4) is 0 Å². The molecule has 2 saturated heterocycles. The van der Waals surface area contributed by atoms with Gasteiger partial charge in [0.05, 0.1) is 30.9 Å². The number of nitrogens with zero attached hydrogens (tertiary/aromatic N) is 4. The van der Waals surface area contributed by atoms with E-state index in [1.165, 1.54) is 0 Å². The molecule has 0 aliphatic carbocycles. The number of ether oxygens (including phenoxy) is 1. The minimum absolute atomic E-state index is 0.0643. The van der Waals surface area contributed by atoms with Crippen LogP contribution in [0.3, 0.4) is 0 Å². The molecule has 3 heterocycles. The predicted molar refractivity (Wildman–Crippen MR) is 102 cm³/mol. The number of likely N-dealkylation sites (tertiary alicyclic amines) is 1. The molecule has 7 heteroatoms. The van der Waals surface area contributed by atoms with Gasteiger partial charge in [0, 0.05) is 44.6 Å². The van der Waals surface area contributed by atoms with E-state index in [9.17, 15) is 9.59 Å². The van der Waals surface area contributed by atoms with E-state index in [4.69, 9.17) is 4.74 Å². The van der Waals surface area contributed by atoms with Crippen molar-refractivity contribution in [1.82, 2.24) is 19.8 Å². The summed E-state index contributed by atoms with van der Waals surface area (Å²) >= 11 is 0. The highest BCUT2D eigenvalue weighted by Gasteiger charge is 2.42.